The maximum atomic E-state index is 5.37. The van der Waals surface area contributed by atoms with Crippen molar-refractivity contribution < 1.29 is 4.74 Å². The molecule has 2 rings (SSSR count). The summed E-state index contributed by atoms with van der Waals surface area (Å²) in [7, 11) is 2.00. The molecule has 0 spiro atoms. The molecular weight excluding hydrogens is 224 g/mol. The van der Waals surface area contributed by atoms with Gasteiger partial charge in [0, 0.05) is 26.2 Å². The molecule has 0 bridgehead atoms. The van der Waals surface area contributed by atoms with Crippen LogP contribution in [0, 0.1) is 0 Å². The van der Waals surface area contributed by atoms with Gasteiger partial charge in [0.05, 0.1) is 13.2 Å². The molecule has 1 unspecified atom stereocenters. The molecule has 1 aliphatic rings. The molecule has 3 heteroatoms. The summed E-state index contributed by atoms with van der Waals surface area (Å²) in [5.41, 5.74) is 2.81. The van der Waals surface area contributed by atoms with E-state index in [1.165, 1.54) is 11.1 Å². The maximum Gasteiger partial charge on any atom is 0.0594 e. The first-order valence-corrected chi connectivity index (χ1v) is 6.83. The van der Waals surface area contributed by atoms with Gasteiger partial charge in [-0.1, -0.05) is 31.2 Å². The first kappa shape index (κ1) is 13.5. The standard InChI is InChI=1S/C15H24N2O/c1-13(11-16-2)15-5-3-14(4-6-15)12-17-7-9-18-10-8-17/h3-6,13,16H,7-12H2,1-2H3. The van der Waals surface area contributed by atoms with Gasteiger partial charge in [0.25, 0.3) is 0 Å². The van der Waals surface area contributed by atoms with Crippen LogP contribution in [0.25, 0.3) is 0 Å². The van der Waals surface area contributed by atoms with Crippen molar-refractivity contribution in [1.29, 1.82) is 0 Å². The van der Waals surface area contributed by atoms with Crippen LogP contribution in [0.3, 0.4) is 0 Å². The molecule has 0 amide bonds. The number of nitrogens with one attached hydrogen (secondary N) is 1. The minimum Gasteiger partial charge on any atom is -0.379 e. The number of benzene rings is 1. The zero-order valence-corrected chi connectivity index (χ0v) is 11.5. The van der Waals surface area contributed by atoms with Gasteiger partial charge in [-0.3, -0.25) is 4.90 Å². The molecule has 1 aromatic carbocycles. The number of nitrogens with zero attached hydrogens (tertiary/aromatic N) is 1. The number of ether oxygens (including phenoxy) is 1. The molecule has 0 radical (unpaired) electrons. The predicted molar refractivity (Wildman–Crippen MR) is 74.9 cm³/mol. The fourth-order valence-electron chi connectivity index (χ4n) is 2.39. The number of morpholine rings is 1. The first-order chi connectivity index (χ1) is 8.79. The van der Waals surface area contributed by atoms with E-state index in [0.717, 1.165) is 39.4 Å². The molecule has 1 aliphatic heterocycles. The minimum atomic E-state index is 0.576. The summed E-state index contributed by atoms with van der Waals surface area (Å²) < 4.78 is 5.37. The molecule has 18 heavy (non-hydrogen) atoms. The Morgan fingerprint density at radius 2 is 1.89 bits per heavy atom. The molecule has 3 nitrogen and oxygen atoms in total. The molecule has 1 N–H and O–H groups in total. The zero-order valence-electron chi connectivity index (χ0n) is 11.5. The molecule has 1 fully saturated rings. The van der Waals surface area contributed by atoms with Crippen molar-refractivity contribution in [3.8, 4) is 0 Å². The van der Waals surface area contributed by atoms with E-state index in [1.54, 1.807) is 0 Å². The highest BCUT2D eigenvalue weighted by molar-refractivity contribution is 5.25. The van der Waals surface area contributed by atoms with Crippen molar-refractivity contribution >= 4 is 0 Å². The van der Waals surface area contributed by atoms with E-state index in [9.17, 15) is 0 Å². The second-order valence-electron chi connectivity index (χ2n) is 5.09. The molecule has 0 saturated carbocycles. The molecule has 1 aromatic rings. The average molecular weight is 248 g/mol. The second-order valence-corrected chi connectivity index (χ2v) is 5.09. The van der Waals surface area contributed by atoms with Crippen LogP contribution in [-0.2, 0) is 11.3 Å². The van der Waals surface area contributed by atoms with Crippen LogP contribution in [0.5, 0.6) is 0 Å². The lowest BCUT2D eigenvalue weighted by molar-refractivity contribution is 0.0342. The van der Waals surface area contributed by atoms with Gasteiger partial charge < -0.3 is 10.1 Å². The van der Waals surface area contributed by atoms with Gasteiger partial charge in [0.15, 0.2) is 0 Å². The Morgan fingerprint density at radius 1 is 1.22 bits per heavy atom. The molecular formula is C15H24N2O. The van der Waals surface area contributed by atoms with Crippen LogP contribution in [0.15, 0.2) is 24.3 Å². The minimum absolute atomic E-state index is 0.576. The maximum absolute atomic E-state index is 5.37. The number of hydrogen-bond acceptors (Lipinski definition) is 3. The molecule has 100 valence electrons. The van der Waals surface area contributed by atoms with E-state index in [4.69, 9.17) is 4.74 Å². The lowest BCUT2D eigenvalue weighted by Gasteiger charge is -2.26. The van der Waals surface area contributed by atoms with Gasteiger partial charge in [-0.25, -0.2) is 0 Å². The number of hydrogen-bond donors (Lipinski definition) is 1. The van der Waals surface area contributed by atoms with E-state index in [1.807, 2.05) is 7.05 Å². The van der Waals surface area contributed by atoms with Crippen LogP contribution < -0.4 is 5.32 Å². The Hall–Kier alpha value is -0.900. The molecule has 1 heterocycles. The highest BCUT2D eigenvalue weighted by Gasteiger charge is 2.11. The Kier molecular flexibility index (Phi) is 5.17. The number of rotatable bonds is 5. The van der Waals surface area contributed by atoms with Crippen molar-refractivity contribution in [3.05, 3.63) is 35.4 Å². The van der Waals surface area contributed by atoms with E-state index < -0.39 is 0 Å². The Bertz CT molecular complexity index is 344. The van der Waals surface area contributed by atoms with Crippen LogP contribution >= 0.6 is 0 Å². The molecule has 1 atom stereocenters. The Morgan fingerprint density at radius 3 is 2.50 bits per heavy atom. The molecule has 1 saturated heterocycles. The van der Waals surface area contributed by atoms with Crippen molar-refractivity contribution in [2.24, 2.45) is 0 Å². The summed E-state index contributed by atoms with van der Waals surface area (Å²) in [6.45, 7) is 8.19. The van der Waals surface area contributed by atoms with Gasteiger partial charge in [0.1, 0.15) is 0 Å². The lowest BCUT2D eigenvalue weighted by atomic mass is 10.00. The van der Waals surface area contributed by atoms with Crippen molar-refractivity contribution in [3.63, 3.8) is 0 Å². The monoisotopic (exact) mass is 248 g/mol. The summed E-state index contributed by atoms with van der Waals surface area (Å²) in [5, 5.41) is 3.22. The predicted octanol–water partition coefficient (Wildman–Crippen LogP) is 1.84. The van der Waals surface area contributed by atoms with E-state index in [2.05, 4.69) is 41.4 Å². The average Bonchev–Trinajstić information content (AvgIpc) is 2.41. The summed E-state index contributed by atoms with van der Waals surface area (Å²) in [6, 6.07) is 9.05. The van der Waals surface area contributed by atoms with Crippen LogP contribution in [0.1, 0.15) is 24.0 Å². The van der Waals surface area contributed by atoms with E-state index >= 15 is 0 Å². The highest BCUT2D eigenvalue weighted by Crippen LogP contribution is 2.16. The van der Waals surface area contributed by atoms with Gasteiger partial charge in [0.2, 0.25) is 0 Å². The zero-order chi connectivity index (χ0) is 12.8. The molecule has 0 aliphatic carbocycles. The largest absolute Gasteiger partial charge is 0.379 e. The Labute approximate surface area is 110 Å². The fraction of sp³-hybridized carbons (Fsp3) is 0.600. The van der Waals surface area contributed by atoms with Gasteiger partial charge >= 0.3 is 0 Å². The summed E-state index contributed by atoms with van der Waals surface area (Å²) in [5.74, 6) is 0.576. The third kappa shape index (κ3) is 3.80. The van der Waals surface area contributed by atoms with Crippen molar-refractivity contribution in [1.82, 2.24) is 10.2 Å². The lowest BCUT2D eigenvalue weighted by Crippen LogP contribution is -2.35. The van der Waals surface area contributed by atoms with Crippen molar-refractivity contribution in [2.45, 2.75) is 19.4 Å². The van der Waals surface area contributed by atoms with Crippen LogP contribution in [0.4, 0.5) is 0 Å². The van der Waals surface area contributed by atoms with Crippen LogP contribution in [0.2, 0.25) is 0 Å². The quantitative estimate of drug-likeness (QED) is 0.860. The smallest absolute Gasteiger partial charge is 0.0594 e. The summed E-state index contributed by atoms with van der Waals surface area (Å²) in [6.07, 6.45) is 0. The van der Waals surface area contributed by atoms with E-state index in [-0.39, 0.29) is 0 Å². The van der Waals surface area contributed by atoms with Gasteiger partial charge in [-0.05, 0) is 24.1 Å². The topological polar surface area (TPSA) is 24.5 Å². The SMILES string of the molecule is CNCC(C)c1ccc(CN2CCOCC2)cc1. The summed E-state index contributed by atoms with van der Waals surface area (Å²) >= 11 is 0. The highest BCUT2D eigenvalue weighted by atomic mass is 16.5. The number of likely N-dealkylation sites (N-methyl/N-ethyl adjacent to an activating group) is 1. The normalized spacial score (nSPS) is 18.8. The van der Waals surface area contributed by atoms with Crippen LogP contribution in [-0.4, -0.2) is 44.8 Å². The summed E-state index contributed by atoms with van der Waals surface area (Å²) in [4.78, 5) is 2.45. The van der Waals surface area contributed by atoms with Gasteiger partial charge in [-0.15, -0.1) is 0 Å². The molecule has 0 aromatic heterocycles. The third-order valence-electron chi connectivity index (χ3n) is 3.57. The van der Waals surface area contributed by atoms with E-state index in [0.29, 0.717) is 5.92 Å². The third-order valence-corrected chi connectivity index (χ3v) is 3.57. The van der Waals surface area contributed by atoms with Crippen molar-refractivity contribution in [2.75, 3.05) is 39.9 Å². The fourth-order valence-corrected chi connectivity index (χ4v) is 2.39. The van der Waals surface area contributed by atoms with Gasteiger partial charge in [-0.2, -0.15) is 0 Å². The Balaban J connectivity index is 1.90. The first-order valence-electron chi connectivity index (χ1n) is 6.83. The second kappa shape index (κ2) is 6.88.